The molecule has 0 aromatic heterocycles. The van der Waals surface area contributed by atoms with Crippen LogP contribution >= 0.6 is 8.03 Å². The molecule has 0 aliphatic heterocycles. The smallest absolute Gasteiger partial charge is 0.148 e. The minimum atomic E-state index is -0.917. The van der Waals surface area contributed by atoms with E-state index in [0.29, 0.717) is 12.2 Å². The second-order valence-corrected chi connectivity index (χ2v) is 6.70. The van der Waals surface area contributed by atoms with Gasteiger partial charge in [-0.2, -0.15) is 0 Å². The van der Waals surface area contributed by atoms with Gasteiger partial charge in [-0.15, -0.1) is 0 Å². The zero-order chi connectivity index (χ0) is 13.8. The fraction of sp³-hybridized carbons (Fsp3) is 0.786. The molecule has 0 bridgehead atoms. The van der Waals surface area contributed by atoms with Gasteiger partial charge in [0.15, 0.2) is 0 Å². The lowest BCUT2D eigenvalue weighted by Crippen LogP contribution is -2.45. The Kier molecular flexibility index (Phi) is 5.62. The summed E-state index contributed by atoms with van der Waals surface area (Å²) in [6.07, 6.45) is 7.83. The zero-order valence-corrected chi connectivity index (χ0v) is 12.7. The highest BCUT2D eigenvalue weighted by Gasteiger charge is 2.41. The van der Waals surface area contributed by atoms with E-state index in [-0.39, 0.29) is 18.1 Å². The van der Waals surface area contributed by atoms with Crippen molar-refractivity contribution in [3.8, 4) is 0 Å². The van der Waals surface area contributed by atoms with Crippen LogP contribution in [0.4, 0.5) is 0 Å². The van der Waals surface area contributed by atoms with Crippen LogP contribution in [0, 0.1) is 5.92 Å². The molecule has 104 valence electrons. The quantitative estimate of drug-likeness (QED) is 0.451. The van der Waals surface area contributed by atoms with Crippen LogP contribution < -0.4 is 0 Å². The Bertz CT molecular complexity index is 357. The van der Waals surface area contributed by atoms with E-state index in [9.17, 15) is 4.79 Å². The lowest BCUT2D eigenvalue weighted by atomic mass is 9.75. The van der Waals surface area contributed by atoms with Crippen molar-refractivity contribution in [3.05, 3.63) is 11.6 Å². The highest BCUT2D eigenvalue weighted by atomic mass is 31.1. The Hall–Kier alpha value is -0.175. The molecule has 0 amide bonds. The Morgan fingerprint density at radius 2 is 2.16 bits per heavy atom. The number of hydrogen-bond donors (Lipinski definition) is 0. The maximum absolute atomic E-state index is 12.3. The van der Waals surface area contributed by atoms with Crippen LogP contribution in [0.2, 0.25) is 0 Å². The molecule has 0 spiro atoms. The lowest BCUT2D eigenvalue weighted by Gasteiger charge is -2.38. The average Bonchev–Trinajstić information content (AvgIpc) is 2.40. The first-order valence-electron chi connectivity index (χ1n) is 7.03. The van der Waals surface area contributed by atoms with Crippen molar-refractivity contribution in [2.75, 3.05) is 13.8 Å². The van der Waals surface area contributed by atoms with E-state index >= 15 is 0 Å². The summed E-state index contributed by atoms with van der Waals surface area (Å²) in [4.78, 5) is 12.3. The van der Waals surface area contributed by atoms with Crippen LogP contribution in [0.5, 0.6) is 0 Å². The second-order valence-electron chi connectivity index (χ2n) is 5.40. The molecular formula is C14H22BO3P. The summed E-state index contributed by atoms with van der Waals surface area (Å²) >= 11 is 0. The van der Waals surface area contributed by atoms with E-state index in [4.69, 9.17) is 16.8 Å². The van der Waals surface area contributed by atoms with Crippen molar-refractivity contribution in [1.82, 2.24) is 0 Å². The maximum atomic E-state index is 12.3. The van der Waals surface area contributed by atoms with Crippen LogP contribution in [0.3, 0.4) is 0 Å². The van der Waals surface area contributed by atoms with Crippen molar-refractivity contribution in [2.24, 2.45) is 5.92 Å². The summed E-state index contributed by atoms with van der Waals surface area (Å²) in [5.41, 5.74) is 1.26. The SMILES string of the molecule is [B]P(C)O[C@@H]1CCC(=O)[C@@H](C2=CCCCC2)[C@@H]1OC. The molecule has 2 rings (SSSR count). The molecule has 0 aromatic carbocycles. The van der Waals surface area contributed by atoms with Gasteiger partial charge in [-0.25, -0.2) is 0 Å². The summed E-state index contributed by atoms with van der Waals surface area (Å²) < 4.78 is 11.4. The van der Waals surface area contributed by atoms with Gasteiger partial charge in [-0.1, -0.05) is 11.6 Å². The van der Waals surface area contributed by atoms with Crippen LogP contribution in [-0.2, 0) is 14.1 Å². The predicted octanol–water partition coefficient (Wildman–Crippen LogP) is 2.98. The molecule has 0 heterocycles. The van der Waals surface area contributed by atoms with Crippen LogP contribution in [-0.4, -0.2) is 39.3 Å². The molecule has 5 heteroatoms. The summed E-state index contributed by atoms with van der Waals surface area (Å²) in [5.74, 6) is 0.191. The second kappa shape index (κ2) is 7.01. The zero-order valence-electron chi connectivity index (χ0n) is 11.8. The third-order valence-electron chi connectivity index (χ3n) is 4.02. The monoisotopic (exact) mass is 280 g/mol. The number of Topliss-reactive ketones (excluding diaryl/α,β-unsaturated/α-hetero) is 1. The van der Waals surface area contributed by atoms with Crippen molar-refractivity contribution in [1.29, 1.82) is 0 Å². The molecule has 2 aliphatic carbocycles. The normalized spacial score (nSPS) is 33.9. The maximum Gasteiger partial charge on any atom is 0.148 e. The highest BCUT2D eigenvalue weighted by molar-refractivity contribution is 7.77. The van der Waals surface area contributed by atoms with Gasteiger partial charge in [-0.05, 0) is 46.8 Å². The van der Waals surface area contributed by atoms with Crippen LogP contribution in [0.25, 0.3) is 0 Å². The molecule has 0 aromatic rings. The van der Waals surface area contributed by atoms with Gasteiger partial charge < -0.3 is 9.26 Å². The van der Waals surface area contributed by atoms with E-state index in [0.717, 1.165) is 19.3 Å². The molecule has 1 fully saturated rings. The van der Waals surface area contributed by atoms with Crippen molar-refractivity contribution in [3.63, 3.8) is 0 Å². The lowest BCUT2D eigenvalue weighted by molar-refractivity contribution is -0.134. The van der Waals surface area contributed by atoms with Gasteiger partial charge in [0.05, 0.1) is 18.1 Å². The Morgan fingerprint density at radius 3 is 2.74 bits per heavy atom. The largest absolute Gasteiger partial charge is 0.378 e. The summed E-state index contributed by atoms with van der Waals surface area (Å²) in [7, 11) is 6.54. The van der Waals surface area contributed by atoms with Gasteiger partial charge in [-0.3, -0.25) is 4.79 Å². The van der Waals surface area contributed by atoms with Crippen LogP contribution in [0.15, 0.2) is 11.6 Å². The van der Waals surface area contributed by atoms with Gasteiger partial charge in [0.2, 0.25) is 0 Å². The third kappa shape index (κ3) is 3.68. The third-order valence-corrected chi connectivity index (χ3v) is 4.62. The molecule has 1 saturated carbocycles. The Morgan fingerprint density at radius 1 is 1.37 bits per heavy atom. The first-order valence-corrected chi connectivity index (χ1v) is 8.80. The molecular weight excluding hydrogens is 258 g/mol. The Labute approximate surface area is 118 Å². The first-order chi connectivity index (χ1) is 9.13. The molecule has 1 unspecified atom stereocenters. The van der Waals surface area contributed by atoms with E-state index < -0.39 is 8.03 Å². The van der Waals surface area contributed by atoms with Crippen molar-refractivity contribution < 1.29 is 14.1 Å². The van der Waals surface area contributed by atoms with Gasteiger partial charge in [0, 0.05) is 13.5 Å². The molecule has 2 aliphatic rings. The van der Waals surface area contributed by atoms with Gasteiger partial charge >= 0.3 is 0 Å². The predicted molar refractivity (Wildman–Crippen MR) is 78.6 cm³/mol. The van der Waals surface area contributed by atoms with Crippen LogP contribution in [0.1, 0.15) is 38.5 Å². The summed E-state index contributed by atoms with van der Waals surface area (Å²) in [6, 6.07) is 0. The fourth-order valence-corrected chi connectivity index (χ4v) is 3.83. The number of rotatable bonds is 4. The molecule has 2 radical (unpaired) electrons. The topological polar surface area (TPSA) is 35.5 Å². The number of methoxy groups -OCH3 is 1. The molecule has 0 N–H and O–H groups in total. The minimum Gasteiger partial charge on any atom is -0.378 e. The average molecular weight is 280 g/mol. The van der Waals surface area contributed by atoms with Gasteiger partial charge in [0.25, 0.3) is 0 Å². The van der Waals surface area contributed by atoms with E-state index in [1.165, 1.54) is 18.4 Å². The minimum absolute atomic E-state index is 0.0448. The number of carbonyl (C=O) groups is 1. The molecule has 19 heavy (non-hydrogen) atoms. The molecule has 3 nitrogen and oxygen atoms in total. The van der Waals surface area contributed by atoms with Crippen molar-refractivity contribution in [2.45, 2.75) is 50.7 Å². The van der Waals surface area contributed by atoms with E-state index in [1.807, 2.05) is 6.66 Å². The van der Waals surface area contributed by atoms with E-state index in [2.05, 4.69) is 6.08 Å². The number of allylic oxidation sites excluding steroid dienone is 1. The highest BCUT2D eigenvalue weighted by Crippen LogP contribution is 2.39. The summed E-state index contributed by atoms with van der Waals surface area (Å²) in [6.45, 7) is 1.88. The Balaban J connectivity index is 2.17. The number of carbonyl (C=O) groups excluding carboxylic acids is 1. The number of ether oxygens (including phenoxy) is 1. The fourth-order valence-electron chi connectivity index (χ4n) is 3.18. The molecule has 4 atom stereocenters. The molecule has 0 saturated heterocycles. The number of hydrogen-bond acceptors (Lipinski definition) is 3. The number of ketones is 1. The summed E-state index contributed by atoms with van der Waals surface area (Å²) in [5, 5.41) is 0. The van der Waals surface area contributed by atoms with Crippen molar-refractivity contribution >= 4 is 21.4 Å². The first kappa shape index (κ1) is 15.2. The van der Waals surface area contributed by atoms with Gasteiger partial charge in [0.1, 0.15) is 13.3 Å². The van der Waals surface area contributed by atoms with E-state index in [1.54, 1.807) is 7.11 Å². The standard InChI is InChI=1S/C14H22BO3P/c1-17-14-12(18-19(2)15)9-8-11(16)13(14)10-6-4-3-5-7-10/h6,12-14H,3-5,7-9H2,1-2H3/t12-,13-,14-,19?/m1/s1.